The molecular formula is C15H16BrN3S. The molecule has 2 aromatic rings. The van der Waals surface area contributed by atoms with Crippen molar-refractivity contribution >= 4 is 44.6 Å². The summed E-state index contributed by atoms with van der Waals surface area (Å²) in [6.07, 6.45) is 0. The zero-order chi connectivity index (χ0) is 14.9. The maximum absolute atomic E-state index is 5.76. The van der Waals surface area contributed by atoms with Gasteiger partial charge in [-0.3, -0.25) is 0 Å². The van der Waals surface area contributed by atoms with Crippen LogP contribution in [0.25, 0.3) is 0 Å². The molecule has 3 nitrogen and oxygen atoms in total. The van der Waals surface area contributed by atoms with Crippen molar-refractivity contribution < 1.29 is 0 Å². The fraction of sp³-hybridized carbons (Fsp3) is 0.200. The maximum Gasteiger partial charge on any atom is 0.140 e. The van der Waals surface area contributed by atoms with Crippen LogP contribution >= 0.6 is 28.1 Å². The second kappa shape index (κ2) is 5.89. The van der Waals surface area contributed by atoms with Crippen molar-refractivity contribution in [2.45, 2.75) is 20.8 Å². The highest BCUT2D eigenvalue weighted by atomic mass is 79.9. The van der Waals surface area contributed by atoms with E-state index in [-0.39, 0.29) is 0 Å². The third-order valence-electron chi connectivity index (χ3n) is 3.04. The molecule has 20 heavy (non-hydrogen) atoms. The van der Waals surface area contributed by atoms with E-state index in [4.69, 9.17) is 18.0 Å². The van der Waals surface area contributed by atoms with Gasteiger partial charge in [0.15, 0.2) is 0 Å². The van der Waals surface area contributed by atoms with Gasteiger partial charge >= 0.3 is 0 Å². The van der Waals surface area contributed by atoms with E-state index < -0.39 is 0 Å². The second-order valence-electron chi connectivity index (χ2n) is 4.75. The molecule has 5 heteroatoms. The van der Waals surface area contributed by atoms with E-state index in [0.717, 1.165) is 32.5 Å². The van der Waals surface area contributed by atoms with Gasteiger partial charge in [0.05, 0.1) is 5.56 Å². The molecule has 1 aromatic carbocycles. The van der Waals surface area contributed by atoms with Crippen LogP contribution in [0.5, 0.6) is 0 Å². The van der Waals surface area contributed by atoms with E-state index in [1.807, 2.05) is 19.1 Å². The number of benzene rings is 1. The number of nitrogens with two attached hydrogens (primary N) is 1. The monoisotopic (exact) mass is 349 g/mol. The lowest BCUT2D eigenvalue weighted by Crippen LogP contribution is -2.14. The molecule has 0 fully saturated rings. The van der Waals surface area contributed by atoms with Gasteiger partial charge < -0.3 is 11.1 Å². The first-order chi connectivity index (χ1) is 9.38. The lowest BCUT2D eigenvalue weighted by molar-refractivity contribution is 1.18. The van der Waals surface area contributed by atoms with E-state index in [9.17, 15) is 0 Å². The van der Waals surface area contributed by atoms with Gasteiger partial charge in [-0.2, -0.15) is 0 Å². The Balaban J connectivity index is 2.50. The highest BCUT2D eigenvalue weighted by molar-refractivity contribution is 9.10. The molecule has 0 unspecified atom stereocenters. The SMILES string of the molecule is Cc1ccc(C(N)=S)c(Nc2c(C)cc(Br)cc2C)n1. The molecule has 0 saturated carbocycles. The van der Waals surface area contributed by atoms with Crippen molar-refractivity contribution in [2.24, 2.45) is 5.73 Å². The minimum absolute atomic E-state index is 0.340. The molecule has 104 valence electrons. The number of hydrogen-bond acceptors (Lipinski definition) is 3. The lowest BCUT2D eigenvalue weighted by atomic mass is 10.1. The molecule has 0 aliphatic heterocycles. The number of hydrogen-bond donors (Lipinski definition) is 2. The molecule has 0 aliphatic rings. The van der Waals surface area contributed by atoms with Crippen LogP contribution in [-0.4, -0.2) is 9.97 Å². The van der Waals surface area contributed by atoms with Crippen LogP contribution in [0.15, 0.2) is 28.7 Å². The number of aryl methyl sites for hydroxylation is 3. The molecule has 0 saturated heterocycles. The van der Waals surface area contributed by atoms with E-state index in [1.165, 1.54) is 0 Å². The van der Waals surface area contributed by atoms with Gasteiger partial charge in [0.1, 0.15) is 10.8 Å². The first-order valence-electron chi connectivity index (χ1n) is 6.19. The number of rotatable bonds is 3. The molecule has 1 heterocycles. The highest BCUT2D eigenvalue weighted by Crippen LogP contribution is 2.28. The number of nitrogens with zero attached hydrogens (tertiary/aromatic N) is 1. The van der Waals surface area contributed by atoms with E-state index in [2.05, 4.69) is 52.2 Å². The Bertz CT molecular complexity index is 660. The third-order valence-corrected chi connectivity index (χ3v) is 3.72. The summed E-state index contributed by atoms with van der Waals surface area (Å²) in [5.74, 6) is 0.700. The van der Waals surface area contributed by atoms with Gasteiger partial charge in [-0.25, -0.2) is 4.98 Å². The number of anilines is 2. The predicted octanol–water partition coefficient (Wildman–Crippen LogP) is 4.15. The molecule has 0 atom stereocenters. The van der Waals surface area contributed by atoms with Gasteiger partial charge in [-0.15, -0.1) is 0 Å². The van der Waals surface area contributed by atoms with Gasteiger partial charge in [-0.1, -0.05) is 28.1 Å². The standard InChI is InChI=1S/C15H16BrN3S/c1-8-6-11(16)7-9(2)13(8)19-15-12(14(17)20)5-4-10(3)18-15/h4-7H,1-3H3,(H2,17,20)(H,18,19). The molecule has 1 aromatic heterocycles. The summed E-state index contributed by atoms with van der Waals surface area (Å²) in [4.78, 5) is 4.84. The summed E-state index contributed by atoms with van der Waals surface area (Å²) in [6.45, 7) is 6.04. The molecular weight excluding hydrogens is 334 g/mol. The van der Waals surface area contributed by atoms with Crippen LogP contribution in [0.4, 0.5) is 11.5 Å². The highest BCUT2D eigenvalue weighted by Gasteiger charge is 2.11. The maximum atomic E-state index is 5.76. The number of aromatic nitrogens is 1. The van der Waals surface area contributed by atoms with Crippen LogP contribution in [0.3, 0.4) is 0 Å². The quantitative estimate of drug-likeness (QED) is 0.817. The minimum atomic E-state index is 0.340. The summed E-state index contributed by atoms with van der Waals surface area (Å²) in [5.41, 5.74) is 10.7. The number of halogens is 1. The van der Waals surface area contributed by atoms with Crippen molar-refractivity contribution in [3.63, 3.8) is 0 Å². The topological polar surface area (TPSA) is 50.9 Å². The molecule has 0 spiro atoms. The normalized spacial score (nSPS) is 10.4. The van der Waals surface area contributed by atoms with Gasteiger partial charge in [-0.05, 0) is 56.2 Å². The van der Waals surface area contributed by atoms with E-state index in [0.29, 0.717) is 10.8 Å². The number of thiocarbonyl (C=S) groups is 1. The van der Waals surface area contributed by atoms with Crippen molar-refractivity contribution in [1.29, 1.82) is 0 Å². The minimum Gasteiger partial charge on any atom is -0.389 e. The van der Waals surface area contributed by atoms with Gasteiger partial charge in [0, 0.05) is 15.9 Å². The Kier molecular flexibility index (Phi) is 4.40. The fourth-order valence-corrected chi connectivity index (χ4v) is 2.93. The lowest BCUT2D eigenvalue weighted by Gasteiger charge is -2.15. The second-order valence-corrected chi connectivity index (χ2v) is 6.11. The van der Waals surface area contributed by atoms with Crippen LogP contribution in [0, 0.1) is 20.8 Å². The van der Waals surface area contributed by atoms with Gasteiger partial charge in [0.25, 0.3) is 0 Å². The van der Waals surface area contributed by atoms with Crippen molar-refractivity contribution in [1.82, 2.24) is 4.98 Å². The predicted molar refractivity (Wildman–Crippen MR) is 91.8 cm³/mol. The fourth-order valence-electron chi connectivity index (χ4n) is 2.08. The first-order valence-corrected chi connectivity index (χ1v) is 7.40. The Labute approximate surface area is 132 Å². The molecule has 0 amide bonds. The Morgan fingerprint density at radius 1 is 1.20 bits per heavy atom. The zero-order valence-electron chi connectivity index (χ0n) is 11.6. The molecule has 0 bridgehead atoms. The summed E-state index contributed by atoms with van der Waals surface area (Å²) in [5, 5.41) is 3.36. The summed E-state index contributed by atoms with van der Waals surface area (Å²) >= 11 is 8.58. The summed E-state index contributed by atoms with van der Waals surface area (Å²) < 4.78 is 1.06. The molecule has 0 aliphatic carbocycles. The first kappa shape index (κ1) is 14.9. The Morgan fingerprint density at radius 2 is 1.80 bits per heavy atom. The van der Waals surface area contributed by atoms with Crippen LogP contribution in [-0.2, 0) is 0 Å². The largest absolute Gasteiger partial charge is 0.389 e. The van der Waals surface area contributed by atoms with Crippen molar-refractivity contribution in [3.05, 3.63) is 51.1 Å². The summed E-state index contributed by atoms with van der Waals surface area (Å²) in [6, 6.07) is 7.93. The molecule has 0 radical (unpaired) electrons. The van der Waals surface area contributed by atoms with Crippen molar-refractivity contribution in [2.75, 3.05) is 5.32 Å². The Hall–Kier alpha value is -1.46. The number of nitrogens with one attached hydrogen (secondary N) is 1. The van der Waals surface area contributed by atoms with Gasteiger partial charge in [0.2, 0.25) is 0 Å². The van der Waals surface area contributed by atoms with E-state index in [1.54, 1.807) is 0 Å². The third kappa shape index (κ3) is 3.16. The van der Waals surface area contributed by atoms with Crippen molar-refractivity contribution in [3.8, 4) is 0 Å². The molecule has 2 rings (SSSR count). The average molecular weight is 350 g/mol. The van der Waals surface area contributed by atoms with Crippen LogP contribution < -0.4 is 11.1 Å². The average Bonchev–Trinajstić information content (AvgIpc) is 2.33. The van der Waals surface area contributed by atoms with Crippen LogP contribution in [0.2, 0.25) is 0 Å². The van der Waals surface area contributed by atoms with Crippen LogP contribution in [0.1, 0.15) is 22.4 Å². The summed E-state index contributed by atoms with van der Waals surface area (Å²) in [7, 11) is 0. The zero-order valence-corrected chi connectivity index (χ0v) is 14.0. The molecule has 3 N–H and O–H groups in total. The smallest absolute Gasteiger partial charge is 0.140 e. The Morgan fingerprint density at radius 3 is 2.35 bits per heavy atom. The number of pyridine rings is 1. The van der Waals surface area contributed by atoms with E-state index >= 15 is 0 Å².